The largest absolute Gasteiger partial charge is 0.467 e. The first-order chi connectivity index (χ1) is 10.3. The summed E-state index contributed by atoms with van der Waals surface area (Å²) in [5.74, 6) is 0.645. The minimum Gasteiger partial charge on any atom is -0.467 e. The van der Waals surface area contributed by atoms with E-state index in [0.717, 1.165) is 5.69 Å². The van der Waals surface area contributed by atoms with Gasteiger partial charge in [-0.15, -0.1) is 0 Å². The molecule has 0 radical (unpaired) electrons. The lowest BCUT2D eigenvalue weighted by atomic mass is 10.3. The summed E-state index contributed by atoms with van der Waals surface area (Å²) in [5, 5.41) is 11.8. The second-order valence-electron chi connectivity index (χ2n) is 4.52. The summed E-state index contributed by atoms with van der Waals surface area (Å²) in [4.78, 5) is 13.9. The zero-order valence-corrected chi connectivity index (χ0v) is 11.7. The van der Waals surface area contributed by atoms with E-state index in [1.54, 1.807) is 17.2 Å². The van der Waals surface area contributed by atoms with Crippen molar-refractivity contribution in [2.75, 3.05) is 18.4 Å². The number of furan rings is 1. The maximum absolute atomic E-state index is 12.3. The zero-order valence-electron chi connectivity index (χ0n) is 11.7. The molecule has 0 aliphatic heterocycles. The van der Waals surface area contributed by atoms with Crippen LogP contribution in [0, 0.1) is 11.3 Å². The van der Waals surface area contributed by atoms with Crippen LogP contribution in [0.25, 0.3) is 0 Å². The molecule has 0 atom stereocenters. The van der Waals surface area contributed by atoms with Crippen molar-refractivity contribution in [1.29, 1.82) is 5.26 Å². The van der Waals surface area contributed by atoms with Crippen LogP contribution in [-0.2, 0) is 11.3 Å². The van der Waals surface area contributed by atoms with Gasteiger partial charge in [0.25, 0.3) is 0 Å². The van der Waals surface area contributed by atoms with Crippen molar-refractivity contribution < 1.29 is 9.21 Å². The highest BCUT2D eigenvalue weighted by Crippen LogP contribution is 2.08. The van der Waals surface area contributed by atoms with Gasteiger partial charge in [0.1, 0.15) is 5.76 Å². The molecule has 1 heterocycles. The zero-order chi connectivity index (χ0) is 14.9. The van der Waals surface area contributed by atoms with Crippen molar-refractivity contribution in [2.45, 2.75) is 13.0 Å². The van der Waals surface area contributed by atoms with Crippen molar-refractivity contribution in [2.24, 2.45) is 0 Å². The van der Waals surface area contributed by atoms with E-state index < -0.39 is 0 Å². The summed E-state index contributed by atoms with van der Waals surface area (Å²) < 4.78 is 5.26. The second-order valence-corrected chi connectivity index (χ2v) is 4.52. The predicted molar refractivity (Wildman–Crippen MR) is 79.3 cm³/mol. The van der Waals surface area contributed by atoms with Crippen LogP contribution in [-0.4, -0.2) is 23.9 Å². The molecule has 0 unspecified atom stereocenters. The Hall–Kier alpha value is -2.74. The Balaban J connectivity index is 1.92. The maximum atomic E-state index is 12.3. The van der Waals surface area contributed by atoms with Crippen LogP contribution in [0.1, 0.15) is 12.2 Å². The van der Waals surface area contributed by atoms with Crippen molar-refractivity contribution in [3.63, 3.8) is 0 Å². The highest BCUT2D eigenvalue weighted by atomic mass is 16.3. The molecule has 5 heteroatoms. The molecule has 5 nitrogen and oxygen atoms in total. The third kappa shape index (κ3) is 4.69. The van der Waals surface area contributed by atoms with E-state index in [0.29, 0.717) is 25.3 Å². The summed E-state index contributed by atoms with van der Waals surface area (Å²) >= 11 is 0. The fraction of sp³-hybridized carbons (Fsp3) is 0.250. The van der Waals surface area contributed by atoms with Gasteiger partial charge in [-0.2, -0.15) is 5.26 Å². The lowest BCUT2D eigenvalue weighted by molar-refractivity contribution is -0.130. The second kappa shape index (κ2) is 7.75. The van der Waals surface area contributed by atoms with Gasteiger partial charge in [-0.3, -0.25) is 4.79 Å². The average molecular weight is 283 g/mol. The van der Waals surface area contributed by atoms with Crippen molar-refractivity contribution >= 4 is 11.6 Å². The summed E-state index contributed by atoms with van der Waals surface area (Å²) in [6, 6.07) is 15.2. The fourth-order valence-corrected chi connectivity index (χ4v) is 1.91. The van der Waals surface area contributed by atoms with E-state index in [-0.39, 0.29) is 12.5 Å². The molecule has 0 aliphatic rings. The van der Waals surface area contributed by atoms with Gasteiger partial charge < -0.3 is 14.6 Å². The molecule has 2 rings (SSSR count). The number of para-hydroxylation sites is 1. The predicted octanol–water partition coefficient (Wildman–Crippen LogP) is 2.63. The topological polar surface area (TPSA) is 69.3 Å². The van der Waals surface area contributed by atoms with Gasteiger partial charge in [0.2, 0.25) is 5.91 Å². The summed E-state index contributed by atoms with van der Waals surface area (Å²) in [6.07, 6.45) is 1.88. The number of carbonyl (C=O) groups excluding carboxylic acids is 1. The Labute approximate surface area is 123 Å². The standard InChI is InChI=1S/C16H17N3O2/c17-9-5-10-19(13-15-8-4-11-21-15)16(20)12-18-14-6-2-1-3-7-14/h1-4,6-8,11,18H,5,10,12-13H2. The summed E-state index contributed by atoms with van der Waals surface area (Å²) in [7, 11) is 0. The molecule has 2 aromatic rings. The van der Waals surface area contributed by atoms with E-state index in [4.69, 9.17) is 9.68 Å². The van der Waals surface area contributed by atoms with Gasteiger partial charge >= 0.3 is 0 Å². The van der Waals surface area contributed by atoms with Gasteiger partial charge in [0, 0.05) is 12.2 Å². The molecule has 0 saturated carbocycles. The van der Waals surface area contributed by atoms with E-state index in [1.807, 2.05) is 36.4 Å². The number of anilines is 1. The van der Waals surface area contributed by atoms with E-state index >= 15 is 0 Å². The van der Waals surface area contributed by atoms with Gasteiger partial charge in [0.05, 0.1) is 31.8 Å². The molecule has 1 aromatic heterocycles. The highest BCUT2D eigenvalue weighted by molar-refractivity contribution is 5.80. The molecule has 0 saturated heterocycles. The molecule has 1 N–H and O–H groups in total. The van der Waals surface area contributed by atoms with E-state index in [1.165, 1.54) is 0 Å². The quantitative estimate of drug-likeness (QED) is 0.848. The summed E-state index contributed by atoms with van der Waals surface area (Å²) in [5.41, 5.74) is 0.893. The molecule has 0 aliphatic carbocycles. The molecule has 21 heavy (non-hydrogen) atoms. The number of nitrogens with zero attached hydrogens (tertiary/aromatic N) is 2. The number of hydrogen-bond acceptors (Lipinski definition) is 4. The Morgan fingerprint density at radius 3 is 2.71 bits per heavy atom. The molecule has 1 aromatic carbocycles. The number of amides is 1. The van der Waals surface area contributed by atoms with Crippen molar-refractivity contribution in [1.82, 2.24) is 4.90 Å². The minimum absolute atomic E-state index is 0.0643. The number of nitriles is 1. The van der Waals surface area contributed by atoms with Crippen molar-refractivity contribution in [3.8, 4) is 6.07 Å². The number of benzene rings is 1. The first-order valence-electron chi connectivity index (χ1n) is 6.75. The Bertz CT molecular complexity index is 588. The third-order valence-electron chi connectivity index (χ3n) is 2.99. The normalized spacial score (nSPS) is 9.86. The molecule has 1 amide bonds. The Morgan fingerprint density at radius 1 is 1.24 bits per heavy atom. The molecule has 108 valence electrons. The smallest absolute Gasteiger partial charge is 0.242 e. The maximum Gasteiger partial charge on any atom is 0.242 e. The molecular formula is C16H17N3O2. The fourth-order valence-electron chi connectivity index (χ4n) is 1.91. The Morgan fingerprint density at radius 2 is 2.05 bits per heavy atom. The van der Waals surface area contributed by atoms with E-state index in [9.17, 15) is 4.79 Å². The molecule has 0 spiro atoms. The van der Waals surface area contributed by atoms with Crippen LogP contribution in [0.3, 0.4) is 0 Å². The highest BCUT2D eigenvalue weighted by Gasteiger charge is 2.14. The average Bonchev–Trinajstić information content (AvgIpc) is 3.03. The number of rotatable bonds is 7. The van der Waals surface area contributed by atoms with Gasteiger partial charge in [-0.05, 0) is 24.3 Å². The minimum atomic E-state index is -0.0643. The van der Waals surface area contributed by atoms with Gasteiger partial charge in [-0.25, -0.2) is 0 Å². The van der Waals surface area contributed by atoms with Crippen LogP contribution in [0.2, 0.25) is 0 Å². The van der Waals surface area contributed by atoms with Crippen LogP contribution < -0.4 is 5.32 Å². The van der Waals surface area contributed by atoms with Crippen LogP contribution in [0.4, 0.5) is 5.69 Å². The first kappa shape index (κ1) is 14.7. The van der Waals surface area contributed by atoms with Crippen molar-refractivity contribution in [3.05, 3.63) is 54.5 Å². The SMILES string of the molecule is N#CCCN(Cc1ccco1)C(=O)CNc1ccccc1. The van der Waals surface area contributed by atoms with Crippen LogP contribution >= 0.6 is 0 Å². The van der Waals surface area contributed by atoms with Crippen LogP contribution in [0.5, 0.6) is 0 Å². The molecular weight excluding hydrogens is 266 g/mol. The van der Waals surface area contributed by atoms with E-state index in [2.05, 4.69) is 11.4 Å². The van der Waals surface area contributed by atoms with Gasteiger partial charge in [0.15, 0.2) is 0 Å². The first-order valence-corrected chi connectivity index (χ1v) is 6.75. The molecule has 0 bridgehead atoms. The number of carbonyl (C=O) groups is 1. The summed E-state index contributed by atoms with van der Waals surface area (Å²) in [6.45, 7) is 0.965. The lowest BCUT2D eigenvalue weighted by Crippen LogP contribution is -2.35. The number of hydrogen-bond donors (Lipinski definition) is 1. The molecule has 0 fully saturated rings. The Kier molecular flexibility index (Phi) is 5.41. The monoisotopic (exact) mass is 283 g/mol. The third-order valence-corrected chi connectivity index (χ3v) is 2.99. The van der Waals surface area contributed by atoms with Gasteiger partial charge in [-0.1, -0.05) is 18.2 Å². The lowest BCUT2D eigenvalue weighted by Gasteiger charge is -2.21. The van der Waals surface area contributed by atoms with Crippen LogP contribution in [0.15, 0.2) is 53.1 Å². The number of nitrogens with one attached hydrogen (secondary N) is 1.